The van der Waals surface area contributed by atoms with Gasteiger partial charge >= 0.3 is 0 Å². The van der Waals surface area contributed by atoms with Crippen LogP contribution >= 0.6 is 0 Å². The maximum atomic E-state index is 11.0. The molecule has 0 bridgehead atoms. The summed E-state index contributed by atoms with van der Waals surface area (Å²) in [4.78, 5) is 0. The van der Waals surface area contributed by atoms with Crippen molar-refractivity contribution in [2.24, 2.45) is 29.1 Å². The maximum Gasteiger partial charge on any atom is 0.0881 e. The van der Waals surface area contributed by atoms with Crippen LogP contribution in [0.2, 0.25) is 0 Å². The number of hydrogen-bond acceptors (Lipinski definition) is 1. The third-order valence-corrected chi connectivity index (χ3v) is 7.93. The second-order valence-corrected chi connectivity index (χ2v) is 8.41. The first-order valence-corrected chi connectivity index (χ1v) is 9.14. The highest BCUT2D eigenvalue weighted by atomic mass is 16.3. The van der Waals surface area contributed by atoms with Gasteiger partial charge in [0, 0.05) is 5.41 Å². The molecule has 0 aromatic heterocycles. The third-order valence-electron chi connectivity index (χ3n) is 7.93. The summed E-state index contributed by atoms with van der Waals surface area (Å²) in [5.41, 5.74) is 1.28. The first-order chi connectivity index (χ1) is 10.1. The standard InChI is InChI=1S/C20H30O/c1-3-20(21)13-11-18-17-9-8-14-6-4-5-7-15(14)16(17)10-12-19(18,20)2/h3,6,15-18,21H,1,4-5,7-13H2,2H3/t15-,16+,17+,18-,19-,20-/m0/s1. The molecule has 1 heteroatoms. The summed E-state index contributed by atoms with van der Waals surface area (Å²) in [6.07, 6.45) is 16.0. The minimum Gasteiger partial charge on any atom is -0.385 e. The van der Waals surface area contributed by atoms with Crippen LogP contribution in [0, 0.1) is 29.1 Å². The lowest BCUT2D eigenvalue weighted by Crippen LogP contribution is -2.51. The largest absolute Gasteiger partial charge is 0.385 e. The Hall–Kier alpha value is -0.560. The molecule has 0 amide bonds. The van der Waals surface area contributed by atoms with Crippen LogP contribution in [0.25, 0.3) is 0 Å². The Kier molecular flexibility index (Phi) is 3.16. The van der Waals surface area contributed by atoms with Crippen molar-refractivity contribution in [3.8, 4) is 0 Å². The molecule has 21 heavy (non-hydrogen) atoms. The van der Waals surface area contributed by atoms with Gasteiger partial charge in [-0.25, -0.2) is 0 Å². The first kappa shape index (κ1) is 14.1. The van der Waals surface area contributed by atoms with Crippen LogP contribution in [0.3, 0.4) is 0 Å². The second-order valence-electron chi connectivity index (χ2n) is 8.41. The van der Waals surface area contributed by atoms with Crippen LogP contribution in [-0.2, 0) is 0 Å². The van der Waals surface area contributed by atoms with Gasteiger partial charge in [0.2, 0.25) is 0 Å². The summed E-state index contributed by atoms with van der Waals surface area (Å²) in [5, 5.41) is 11.0. The fourth-order valence-corrected chi connectivity index (χ4v) is 6.69. The van der Waals surface area contributed by atoms with E-state index >= 15 is 0 Å². The summed E-state index contributed by atoms with van der Waals surface area (Å²) >= 11 is 0. The highest BCUT2D eigenvalue weighted by Crippen LogP contribution is 2.65. The predicted molar refractivity (Wildman–Crippen MR) is 86.8 cm³/mol. The number of allylic oxidation sites excluding steroid dienone is 2. The lowest BCUT2D eigenvalue weighted by atomic mass is 9.50. The van der Waals surface area contributed by atoms with Crippen molar-refractivity contribution >= 4 is 0 Å². The molecule has 0 spiro atoms. The van der Waals surface area contributed by atoms with Gasteiger partial charge in [-0.15, -0.1) is 6.58 Å². The molecule has 0 saturated heterocycles. The van der Waals surface area contributed by atoms with Gasteiger partial charge in [-0.1, -0.05) is 24.6 Å². The summed E-state index contributed by atoms with van der Waals surface area (Å²) < 4.78 is 0. The Morgan fingerprint density at radius 3 is 2.86 bits per heavy atom. The van der Waals surface area contributed by atoms with E-state index in [0.717, 1.165) is 30.1 Å². The molecular formula is C20H30O. The molecule has 0 unspecified atom stereocenters. The van der Waals surface area contributed by atoms with E-state index < -0.39 is 5.60 Å². The van der Waals surface area contributed by atoms with Crippen LogP contribution in [0.15, 0.2) is 24.3 Å². The molecule has 0 aliphatic heterocycles. The molecule has 0 aromatic rings. The molecule has 4 aliphatic carbocycles. The molecule has 0 heterocycles. The van der Waals surface area contributed by atoms with E-state index in [9.17, 15) is 5.11 Å². The Morgan fingerprint density at radius 2 is 2.05 bits per heavy atom. The van der Waals surface area contributed by atoms with E-state index in [1.807, 2.05) is 6.08 Å². The van der Waals surface area contributed by atoms with Crippen molar-refractivity contribution in [2.75, 3.05) is 0 Å². The van der Waals surface area contributed by atoms with E-state index in [1.165, 1.54) is 51.4 Å². The number of fused-ring (bicyclic) bond motifs is 5. The van der Waals surface area contributed by atoms with Crippen LogP contribution in [-0.4, -0.2) is 10.7 Å². The van der Waals surface area contributed by atoms with E-state index in [0.29, 0.717) is 0 Å². The van der Waals surface area contributed by atoms with Gasteiger partial charge in [0.15, 0.2) is 0 Å². The SMILES string of the molecule is C=C[C@]1(O)CC[C@H]2[C@@H]3CCC4=CCCC[C@@H]4[C@H]3CC[C@@]21C. The highest BCUT2D eigenvalue weighted by Gasteiger charge is 2.61. The summed E-state index contributed by atoms with van der Waals surface area (Å²) in [7, 11) is 0. The van der Waals surface area contributed by atoms with E-state index in [-0.39, 0.29) is 5.41 Å². The van der Waals surface area contributed by atoms with Gasteiger partial charge in [-0.2, -0.15) is 0 Å². The van der Waals surface area contributed by atoms with Crippen molar-refractivity contribution in [3.63, 3.8) is 0 Å². The molecule has 6 atom stereocenters. The minimum atomic E-state index is -0.606. The van der Waals surface area contributed by atoms with Gasteiger partial charge in [-0.05, 0) is 81.5 Å². The second kappa shape index (κ2) is 4.72. The molecule has 3 saturated carbocycles. The number of hydrogen-bond donors (Lipinski definition) is 1. The Balaban J connectivity index is 1.65. The molecule has 4 aliphatic rings. The maximum absolute atomic E-state index is 11.0. The lowest BCUT2D eigenvalue weighted by Gasteiger charge is -2.55. The van der Waals surface area contributed by atoms with Gasteiger partial charge in [0.05, 0.1) is 5.60 Å². The van der Waals surface area contributed by atoms with E-state index in [1.54, 1.807) is 5.57 Å². The lowest BCUT2D eigenvalue weighted by molar-refractivity contribution is -0.0906. The van der Waals surface area contributed by atoms with Gasteiger partial charge in [0.1, 0.15) is 0 Å². The molecule has 1 nitrogen and oxygen atoms in total. The van der Waals surface area contributed by atoms with Crippen LogP contribution < -0.4 is 0 Å². The van der Waals surface area contributed by atoms with Crippen molar-refractivity contribution in [2.45, 2.75) is 70.3 Å². The van der Waals surface area contributed by atoms with Crippen molar-refractivity contribution < 1.29 is 5.11 Å². The molecule has 1 N–H and O–H groups in total. The van der Waals surface area contributed by atoms with Crippen molar-refractivity contribution in [1.29, 1.82) is 0 Å². The zero-order valence-corrected chi connectivity index (χ0v) is 13.5. The van der Waals surface area contributed by atoms with Gasteiger partial charge < -0.3 is 5.11 Å². The quantitative estimate of drug-likeness (QED) is 0.682. The van der Waals surface area contributed by atoms with Gasteiger partial charge in [-0.3, -0.25) is 0 Å². The Labute approximate surface area is 129 Å². The molecule has 0 radical (unpaired) electrons. The summed E-state index contributed by atoms with van der Waals surface area (Å²) in [6, 6.07) is 0. The van der Waals surface area contributed by atoms with Crippen molar-refractivity contribution in [3.05, 3.63) is 24.3 Å². The summed E-state index contributed by atoms with van der Waals surface area (Å²) in [6.45, 7) is 6.32. The number of aliphatic hydroxyl groups is 1. The van der Waals surface area contributed by atoms with Crippen LogP contribution in [0.1, 0.15) is 64.7 Å². The molecular weight excluding hydrogens is 256 g/mol. The number of rotatable bonds is 1. The predicted octanol–water partition coefficient (Wildman–Crippen LogP) is 4.87. The zero-order chi connectivity index (χ0) is 14.7. The average molecular weight is 286 g/mol. The zero-order valence-electron chi connectivity index (χ0n) is 13.5. The third kappa shape index (κ3) is 1.79. The highest BCUT2D eigenvalue weighted by molar-refractivity contribution is 5.22. The normalized spacial score (nSPS) is 52.4. The topological polar surface area (TPSA) is 20.2 Å². The van der Waals surface area contributed by atoms with Crippen molar-refractivity contribution in [1.82, 2.24) is 0 Å². The molecule has 3 fully saturated rings. The van der Waals surface area contributed by atoms with E-state index in [2.05, 4.69) is 19.6 Å². The Bertz CT molecular complexity index is 478. The fourth-order valence-electron chi connectivity index (χ4n) is 6.69. The smallest absolute Gasteiger partial charge is 0.0881 e. The molecule has 116 valence electrons. The summed E-state index contributed by atoms with van der Waals surface area (Å²) in [5.74, 6) is 3.38. The minimum absolute atomic E-state index is 0.0891. The first-order valence-electron chi connectivity index (χ1n) is 9.14. The van der Waals surface area contributed by atoms with Crippen LogP contribution in [0.5, 0.6) is 0 Å². The van der Waals surface area contributed by atoms with Crippen LogP contribution in [0.4, 0.5) is 0 Å². The Morgan fingerprint density at radius 1 is 1.19 bits per heavy atom. The molecule has 4 rings (SSSR count). The van der Waals surface area contributed by atoms with Gasteiger partial charge in [0.25, 0.3) is 0 Å². The fraction of sp³-hybridized carbons (Fsp3) is 0.800. The average Bonchev–Trinajstić information content (AvgIpc) is 2.79. The molecule has 0 aromatic carbocycles. The van der Waals surface area contributed by atoms with E-state index in [4.69, 9.17) is 0 Å². The monoisotopic (exact) mass is 286 g/mol.